The van der Waals surface area contributed by atoms with Gasteiger partial charge in [0.1, 0.15) is 23.1 Å². The number of hydrogen-bond donors (Lipinski definition) is 1. The number of ether oxygens (including phenoxy) is 1. The first-order chi connectivity index (χ1) is 8.99. The van der Waals surface area contributed by atoms with Gasteiger partial charge in [0.25, 0.3) is 0 Å². The summed E-state index contributed by atoms with van der Waals surface area (Å²) >= 11 is 5.64. The third-order valence-electron chi connectivity index (χ3n) is 2.55. The van der Waals surface area contributed by atoms with Crippen molar-refractivity contribution in [1.82, 2.24) is 0 Å². The summed E-state index contributed by atoms with van der Waals surface area (Å²) in [6.07, 6.45) is -1.02. The van der Waals surface area contributed by atoms with Crippen LogP contribution in [0.5, 0.6) is 11.5 Å². The monoisotopic (exact) mass is 284 g/mol. The second-order valence-electron chi connectivity index (χ2n) is 4.01. The van der Waals surface area contributed by atoms with E-state index in [1.807, 2.05) is 0 Å². The summed E-state index contributed by atoms with van der Waals surface area (Å²) in [6, 6.07) is 8.02. The minimum absolute atomic E-state index is 0.0444. The molecule has 0 aliphatic heterocycles. The number of hydrogen-bond acceptors (Lipinski definition) is 2. The highest BCUT2D eigenvalue weighted by Gasteiger charge is 2.15. The standard InChI is InChI=1S/C14H11ClF2O2/c1-8(18)14-12(17)3-2-4-13(14)19-9-5-6-11(16)10(15)7-9/h2-8,18H,1H3/t8-/m1/s1. The SMILES string of the molecule is C[C@@H](O)c1c(F)cccc1Oc1ccc(F)c(Cl)c1. The molecule has 2 rings (SSSR count). The van der Waals surface area contributed by atoms with E-state index in [1.54, 1.807) is 0 Å². The molecule has 0 aromatic heterocycles. The van der Waals surface area contributed by atoms with Gasteiger partial charge in [-0.25, -0.2) is 8.78 Å². The molecule has 0 amide bonds. The molecule has 100 valence electrons. The third kappa shape index (κ3) is 3.03. The Hall–Kier alpha value is -1.65. The van der Waals surface area contributed by atoms with Gasteiger partial charge in [-0.3, -0.25) is 0 Å². The van der Waals surface area contributed by atoms with Gasteiger partial charge in [-0.2, -0.15) is 0 Å². The van der Waals surface area contributed by atoms with Crippen LogP contribution in [0.2, 0.25) is 5.02 Å². The maximum Gasteiger partial charge on any atom is 0.142 e. The molecule has 0 saturated carbocycles. The fourth-order valence-electron chi connectivity index (χ4n) is 1.68. The second kappa shape index (κ2) is 5.55. The van der Waals surface area contributed by atoms with Crippen molar-refractivity contribution < 1.29 is 18.6 Å². The molecule has 0 aliphatic rings. The van der Waals surface area contributed by atoms with E-state index in [0.29, 0.717) is 0 Å². The lowest BCUT2D eigenvalue weighted by molar-refractivity contribution is 0.190. The molecule has 0 radical (unpaired) electrons. The molecule has 2 nitrogen and oxygen atoms in total. The highest BCUT2D eigenvalue weighted by atomic mass is 35.5. The number of halogens is 3. The average Bonchev–Trinajstić information content (AvgIpc) is 2.33. The minimum atomic E-state index is -1.02. The zero-order chi connectivity index (χ0) is 14.0. The van der Waals surface area contributed by atoms with Gasteiger partial charge in [-0.05, 0) is 31.2 Å². The molecule has 0 bridgehead atoms. The third-order valence-corrected chi connectivity index (χ3v) is 2.84. The van der Waals surface area contributed by atoms with E-state index in [2.05, 4.69) is 0 Å². The lowest BCUT2D eigenvalue weighted by Crippen LogP contribution is -1.99. The zero-order valence-electron chi connectivity index (χ0n) is 10.0. The minimum Gasteiger partial charge on any atom is -0.457 e. The van der Waals surface area contributed by atoms with Crippen LogP contribution in [-0.2, 0) is 0 Å². The number of rotatable bonds is 3. The molecule has 0 saturated heterocycles. The van der Waals surface area contributed by atoms with Crippen LogP contribution >= 0.6 is 11.6 Å². The molecule has 1 atom stereocenters. The quantitative estimate of drug-likeness (QED) is 0.901. The summed E-state index contributed by atoms with van der Waals surface area (Å²) in [5, 5.41) is 9.47. The fourth-order valence-corrected chi connectivity index (χ4v) is 1.85. The molecule has 0 aliphatic carbocycles. The Labute approximate surface area is 114 Å². The zero-order valence-corrected chi connectivity index (χ0v) is 10.8. The van der Waals surface area contributed by atoms with Crippen molar-refractivity contribution in [3.8, 4) is 11.5 Å². The van der Waals surface area contributed by atoms with E-state index in [0.717, 1.165) is 6.07 Å². The summed E-state index contributed by atoms with van der Waals surface area (Å²) in [5.41, 5.74) is 0.0444. The predicted molar refractivity (Wildman–Crippen MR) is 68.5 cm³/mol. The van der Waals surface area contributed by atoms with Gasteiger partial charge in [0, 0.05) is 6.07 Å². The second-order valence-corrected chi connectivity index (χ2v) is 4.41. The maximum absolute atomic E-state index is 13.6. The Morgan fingerprint density at radius 3 is 2.53 bits per heavy atom. The Kier molecular flexibility index (Phi) is 4.02. The van der Waals surface area contributed by atoms with Crippen LogP contribution in [0.15, 0.2) is 36.4 Å². The van der Waals surface area contributed by atoms with Gasteiger partial charge in [-0.1, -0.05) is 17.7 Å². The van der Waals surface area contributed by atoms with Gasteiger partial charge >= 0.3 is 0 Å². The largest absolute Gasteiger partial charge is 0.457 e. The predicted octanol–water partition coefficient (Wildman–Crippen LogP) is 4.46. The van der Waals surface area contributed by atoms with Crippen LogP contribution in [0.1, 0.15) is 18.6 Å². The van der Waals surface area contributed by atoms with Gasteiger partial charge < -0.3 is 9.84 Å². The first-order valence-electron chi connectivity index (χ1n) is 5.58. The van der Waals surface area contributed by atoms with Crippen LogP contribution in [0, 0.1) is 11.6 Å². The lowest BCUT2D eigenvalue weighted by Gasteiger charge is -2.14. The maximum atomic E-state index is 13.6. The Morgan fingerprint density at radius 2 is 1.89 bits per heavy atom. The summed E-state index contributed by atoms with van der Waals surface area (Å²) < 4.78 is 32.1. The first kappa shape index (κ1) is 13.8. The smallest absolute Gasteiger partial charge is 0.142 e. The molecule has 2 aromatic carbocycles. The fraction of sp³-hybridized carbons (Fsp3) is 0.143. The van der Waals surface area contributed by atoms with Crippen molar-refractivity contribution in [2.75, 3.05) is 0 Å². The van der Waals surface area contributed by atoms with Gasteiger partial charge in [0.05, 0.1) is 16.7 Å². The summed E-state index contributed by atoms with van der Waals surface area (Å²) in [7, 11) is 0. The van der Waals surface area contributed by atoms with E-state index in [-0.39, 0.29) is 22.1 Å². The molecule has 19 heavy (non-hydrogen) atoms. The van der Waals surface area contributed by atoms with E-state index < -0.39 is 17.7 Å². The Balaban J connectivity index is 2.38. The number of benzene rings is 2. The molecule has 0 spiro atoms. The highest BCUT2D eigenvalue weighted by molar-refractivity contribution is 6.30. The Morgan fingerprint density at radius 1 is 1.16 bits per heavy atom. The van der Waals surface area contributed by atoms with Crippen molar-refractivity contribution in [2.24, 2.45) is 0 Å². The van der Waals surface area contributed by atoms with Gasteiger partial charge in [0.15, 0.2) is 0 Å². The van der Waals surface area contributed by atoms with Crippen molar-refractivity contribution in [3.05, 3.63) is 58.6 Å². The lowest BCUT2D eigenvalue weighted by atomic mass is 10.1. The van der Waals surface area contributed by atoms with Crippen LogP contribution in [-0.4, -0.2) is 5.11 Å². The van der Waals surface area contributed by atoms with E-state index >= 15 is 0 Å². The van der Waals surface area contributed by atoms with Crippen LogP contribution in [0.25, 0.3) is 0 Å². The number of aliphatic hydroxyl groups excluding tert-OH is 1. The van der Waals surface area contributed by atoms with Crippen molar-refractivity contribution in [1.29, 1.82) is 0 Å². The summed E-state index contributed by atoms with van der Waals surface area (Å²) in [4.78, 5) is 0. The van der Waals surface area contributed by atoms with Crippen molar-refractivity contribution in [2.45, 2.75) is 13.0 Å². The highest BCUT2D eigenvalue weighted by Crippen LogP contribution is 2.32. The molecule has 2 aromatic rings. The number of aliphatic hydroxyl groups is 1. The molecule has 5 heteroatoms. The van der Waals surface area contributed by atoms with Gasteiger partial charge in [-0.15, -0.1) is 0 Å². The van der Waals surface area contributed by atoms with Crippen LogP contribution in [0.4, 0.5) is 8.78 Å². The molecule has 1 N–H and O–H groups in total. The van der Waals surface area contributed by atoms with E-state index in [1.165, 1.54) is 37.3 Å². The molecule has 0 unspecified atom stereocenters. The van der Waals surface area contributed by atoms with Crippen molar-refractivity contribution in [3.63, 3.8) is 0 Å². The summed E-state index contributed by atoms with van der Waals surface area (Å²) in [5.74, 6) is -0.707. The molecule has 0 fully saturated rings. The Bertz CT molecular complexity index is 600. The molecular weight excluding hydrogens is 274 g/mol. The van der Waals surface area contributed by atoms with Crippen LogP contribution in [0.3, 0.4) is 0 Å². The normalized spacial score (nSPS) is 12.3. The summed E-state index contributed by atoms with van der Waals surface area (Å²) in [6.45, 7) is 1.43. The molecular formula is C14H11ClF2O2. The van der Waals surface area contributed by atoms with E-state index in [4.69, 9.17) is 16.3 Å². The topological polar surface area (TPSA) is 29.5 Å². The van der Waals surface area contributed by atoms with E-state index in [9.17, 15) is 13.9 Å². The van der Waals surface area contributed by atoms with Crippen molar-refractivity contribution >= 4 is 11.6 Å². The van der Waals surface area contributed by atoms with Gasteiger partial charge in [0.2, 0.25) is 0 Å². The average molecular weight is 285 g/mol. The van der Waals surface area contributed by atoms with Crippen LogP contribution < -0.4 is 4.74 Å². The molecule has 0 heterocycles. The first-order valence-corrected chi connectivity index (χ1v) is 5.96.